The number of carbonyl (C=O) groups excluding carboxylic acids is 2. The van der Waals surface area contributed by atoms with E-state index in [4.69, 9.17) is 17.3 Å². The summed E-state index contributed by atoms with van der Waals surface area (Å²) in [7, 11) is 0. The van der Waals surface area contributed by atoms with Crippen LogP contribution in [0.2, 0.25) is 5.02 Å². The second kappa shape index (κ2) is 9.93. The number of primary amides is 1. The number of aromatic nitrogens is 1. The number of amides is 2. The largest absolute Gasteiger partial charge is 0.417 e. The van der Waals surface area contributed by atoms with Gasteiger partial charge in [0.25, 0.3) is 0 Å². The number of hydrogen-bond acceptors (Lipinski definition) is 5. The standard InChI is InChI=1S/C21H17ClF3N3O2S2/c1-11-16(10-17(26)29)31-20(27-11)32-18(12-5-3-2-4-6-12)19(30)28-13-7-8-15(22)14(9-13)21(23,24)25/h2-9,18H,10H2,1H3,(H2,26,29)(H,28,30). The molecule has 0 fully saturated rings. The van der Waals surface area contributed by atoms with E-state index in [2.05, 4.69) is 10.3 Å². The van der Waals surface area contributed by atoms with Crippen molar-refractivity contribution >= 4 is 52.2 Å². The second-order valence-corrected chi connectivity index (χ2v) is 9.56. The minimum absolute atomic E-state index is 0.0296. The van der Waals surface area contributed by atoms with E-state index >= 15 is 0 Å². The van der Waals surface area contributed by atoms with Crippen molar-refractivity contribution in [1.29, 1.82) is 0 Å². The molecule has 0 aliphatic carbocycles. The van der Waals surface area contributed by atoms with Gasteiger partial charge in [-0.1, -0.05) is 53.7 Å². The molecule has 0 aliphatic heterocycles. The number of nitrogens with one attached hydrogen (secondary N) is 1. The summed E-state index contributed by atoms with van der Waals surface area (Å²) in [5, 5.41) is 1.29. The normalized spacial score (nSPS) is 12.4. The number of nitrogens with two attached hydrogens (primary N) is 1. The van der Waals surface area contributed by atoms with Crippen LogP contribution in [-0.4, -0.2) is 16.8 Å². The number of hydrogen-bond donors (Lipinski definition) is 2. The van der Waals surface area contributed by atoms with E-state index in [9.17, 15) is 22.8 Å². The monoisotopic (exact) mass is 499 g/mol. The van der Waals surface area contributed by atoms with Crippen LogP contribution in [-0.2, 0) is 22.2 Å². The summed E-state index contributed by atoms with van der Waals surface area (Å²) in [5.74, 6) is -1.02. The van der Waals surface area contributed by atoms with Crippen molar-refractivity contribution in [2.75, 3.05) is 5.32 Å². The number of anilines is 1. The van der Waals surface area contributed by atoms with Crippen molar-refractivity contribution in [2.45, 2.75) is 29.1 Å². The molecule has 1 aromatic heterocycles. The van der Waals surface area contributed by atoms with Crippen LogP contribution in [0.15, 0.2) is 52.9 Å². The van der Waals surface area contributed by atoms with Gasteiger partial charge in [0, 0.05) is 10.6 Å². The third-order valence-corrected chi connectivity index (χ3v) is 7.14. The molecular formula is C21H17ClF3N3O2S2. The van der Waals surface area contributed by atoms with Crippen molar-refractivity contribution in [3.05, 3.63) is 75.3 Å². The third-order valence-electron chi connectivity index (χ3n) is 4.31. The molecule has 3 rings (SSSR count). The first kappa shape index (κ1) is 24.1. The van der Waals surface area contributed by atoms with Crippen LogP contribution in [0.4, 0.5) is 18.9 Å². The topological polar surface area (TPSA) is 85.1 Å². The predicted molar refractivity (Wildman–Crippen MR) is 120 cm³/mol. The molecule has 168 valence electrons. The van der Waals surface area contributed by atoms with Crippen LogP contribution >= 0.6 is 34.7 Å². The lowest BCUT2D eigenvalue weighted by Crippen LogP contribution is -2.19. The van der Waals surface area contributed by atoms with Crippen LogP contribution in [0, 0.1) is 6.92 Å². The summed E-state index contributed by atoms with van der Waals surface area (Å²) in [6.07, 6.45) is -4.61. The molecular weight excluding hydrogens is 483 g/mol. The lowest BCUT2D eigenvalue weighted by atomic mass is 10.1. The Morgan fingerprint density at radius 3 is 2.53 bits per heavy atom. The van der Waals surface area contributed by atoms with Gasteiger partial charge in [-0.3, -0.25) is 9.59 Å². The van der Waals surface area contributed by atoms with Gasteiger partial charge in [-0.15, -0.1) is 11.3 Å². The highest BCUT2D eigenvalue weighted by Crippen LogP contribution is 2.40. The van der Waals surface area contributed by atoms with Crippen LogP contribution in [0.5, 0.6) is 0 Å². The third kappa shape index (κ3) is 6.02. The van der Waals surface area contributed by atoms with Gasteiger partial charge in [0.1, 0.15) is 5.25 Å². The van der Waals surface area contributed by atoms with Crippen molar-refractivity contribution in [3.8, 4) is 0 Å². The Hall–Kier alpha value is -2.56. The number of alkyl halides is 3. The SMILES string of the molecule is Cc1nc(SC(C(=O)Nc2ccc(Cl)c(C(F)(F)F)c2)c2ccccc2)sc1CC(N)=O. The lowest BCUT2D eigenvalue weighted by molar-refractivity contribution is -0.137. The zero-order valence-corrected chi connectivity index (χ0v) is 19.0. The van der Waals surface area contributed by atoms with Gasteiger partial charge < -0.3 is 11.1 Å². The van der Waals surface area contributed by atoms with Crippen LogP contribution in [0.1, 0.15) is 26.9 Å². The maximum Gasteiger partial charge on any atom is 0.417 e. The number of thioether (sulfide) groups is 1. The molecule has 11 heteroatoms. The molecule has 0 saturated heterocycles. The average molecular weight is 500 g/mol. The number of nitrogens with zero attached hydrogens (tertiary/aromatic N) is 1. The minimum Gasteiger partial charge on any atom is -0.369 e. The Morgan fingerprint density at radius 1 is 1.22 bits per heavy atom. The van der Waals surface area contributed by atoms with Gasteiger partial charge in [0.15, 0.2) is 4.34 Å². The molecule has 1 heterocycles. The molecule has 32 heavy (non-hydrogen) atoms. The fraction of sp³-hybridized carbons (Fsp3) is 0.190. The minimum atomic E-state index is -4.65. The van der Waals surface area contributed by atoms with Crippen LogP contribution in [0.3, 0.4) is 0 Å². The van der Waals surface area contributed by atoms with Gasteiger partial charge in [-0.25, -0.2) is 4.98 Å². The molecule has 0 radical (unpaired) electrons. The maximum absolute atomic E-state index is 13.2. The van der Waals surface area contributed by atoms with Gasteiger partial charge >= 0.3 is 6.18 Å². The van der Waals surface area contributed by atoms with E-state index in [-0.39, 0.29) is 12.1 Å². The van der Waals surface area contributed by atoms with E-state index < -0.39 is 33.8 Å². The fourth-order valence-electron chi connectivity index (χ4n) is 2.80. The summed E-state index contributed by atoms with van der Waals surface area (Å²) in [4.78, 5) is 29.4. The molecule has 1 unspecified atom stereocenters. The summed E-state index contributed by atoms with van der Waals surface area (Å²) in [5.41, 5.74) is 5.48. The molecule has 2 amide bonds. The number of aryl methyl sites for hydroxylation is 1. The van der Waals surface area contributed by atoms with Crippen LogP contribution in [0.25, 0.3) is 0 Å². The zero-order chi connectivity index (χ0) is 23.5. The van der Waals surface area contributed by atoms with Crippen molar-refractivity contribution in [3.63, 3.8) is 0 Å². The first-order valence-corrected chi connectivity index (χ1v) is 11.3. The molecule has 0 spiro atoms. The zero-order valence-electron chi connectivity index (χ0n) is 16.6. The Balaban J connectivity index is 1.89. The summed E-state index contributed by atoms with van der Waals surface area (Å²) in [6.45, 7) is 1.74. The number of halogens is 4. The van der Waals surface area contributed by atoms with Crippen molar-refractivity contribution < 1.29 is 22.8 Å². The molecule has 3 aromatic rings. The fourth-order valence-corrected chi connectivity index (χ4v) is 5.46. The highest BCUT2D eigenvalue weighted by Gasteiger charge is 2.34. The molecule has 0 aliphatic rings. The average Bonchev–Trinajstić information content (AvgIpc) is 3.05. The second-order valence-electron chi connectivity index (χ2n) is 6.72. The van der Waals surface area contributed by atoms with Crippen LogP contribution < -0.4 is 11.1 Å². The Morgan fingerprint density at radius 2 is 1.91 bits per heavy atom. The Kier molecular flexibility index (Phi) is 7.47. The molecule has 0 saturated carbocycles. The molecule has 0 bridgehead atoms. The number of benzene rings is 2. The smallest absolute Gasteiger partial charge is 0.369 e. The van der Waals surface area contributed by atoms with E-state index in [0.29, 0.717) is 20.5 Å². The summed E-state index contributed by atoms with van der Waals surface area (Å²) >= 11 is 8.05. The van der Waals surface area contributed by atoms with Gasteiger partial charge in [0.2, 0.25) is 11.8 Å². The predicted octanol–water partition coefficient (Wildman–Crippen LogP) is 5.62. The van der Waals surface area contributed by atoms with Crippen molar-refractivity contribution in [1.82, 2.24) is 4.98 Å². The van der Waals surface area contributed by atoms with Gasteiger partial charge in [0.05, 0.1) is 22.7 Å². The molecule has 1 atom stereocenters. The summed E-state index contributed by atoms with van der Waals surface area (Å²) in [6, 6.07) is 12.0. The highest BCUT2D eigenvalue weighted by molar-refractivity contribution is 8.01. The Labute approximate surface area is 195 Å². The molecule has 3 N–H and O–H groups in total. The van der Waals surface area contributed by atoms with E-state index in [0.717, 1.165) is 23.9 Å². The number of thiazole rings is 1. The quantitative estimate of drug-likeness (QED) is 0.413. The van der Waals surface area contributed by atoms with E-state index in [1.807, 2.05) is 0 Å². The lowest BCUT2D eigenvalue weighted by Gasteiger charge is -2.17. The van der Waals surface area contributed by atoms with Gasteiger partial charge in [-0.05, 0) is 30.7 Å². The van der Waals surface area contributed by atoms with Crippen molar-refractivity contribution in [2.24, 2.45) is 5.73 Å². The molecule has 5 nitrogen and oxygen atoms in total. The van der Waals surface area contributed by atoms with E-state index in [1.165, 1.54) is 17.4 Å². The maximum atomic E-state index is 13.2. The number of carbonyl (C=O) groups is 2. The molecule has 2 aromatic carbocycles. The Bertz CT molecular complexity index is 1140. The summed E-state index contributed by atoms with van der Waals surface area (Å²) < 4.78 is 40.0. The first-order chi connectivity index (χ1) is 15.0. The number of rotatable bonds is 7. The highest BCUT2D eigenvalue weighted by atomic mass is 35.5. The first-order valence-electron chi connectivity index (χ1n) is 9.18. The van der Waals surface area contributed by atoms with E-state index in [1.54, 1.807) is 37.3 Å². The van der Waals surface area contributed by atoms with Gasteiger partial charge in [-0.2, -0.15) is 13.2 Å².